The highest BCUT2D eigenvalue weighted by Crippen LogP contribution is 2.42. The number of halogens is 2. The maximum absolute atomic E-state index is 13.4. The maximum Gasteiger partial charge on any atom is 0.137 e. The number of hydrogen-bond donors (Lipinski definition) is 1. The topological polar surface area (TPSA) is 21.3 Å². The van der Waals surface area contributed by atoms with Gasteiger partial charge < -0.3 is 10.1 Å². The van der Waals surface area contributed by atoms with Gasteiger partial charge in [0.25, 0.3) is 0 Å². The van der Waals surface area contributed by atoms with Gasteiger partial charge in [-0.2, -0.15) is 0 Å². The van der Waals surface area contributed by atoms with E-state index in [0.717, 1.165) is 18.6 Å². The van der Waals surface area contributed by atoms with Crippen LogP contribution in [0.4, 0.5) is 4.39 Å². The summed E-state index contributed by atoms with van der Waals surface area (Å²) in [6.45, 7) is 7.92. The lowest BCUT2D eigenvalue weighted by Crippen LogP contribution is -2.60. The van der Waals surface area contributed by atoms with E-state index in [4.69, 9.17) is 4.74 Å². The first-order valence-electron chi connectivity index (χ1n) is 6.74. The zero-order valence-electron chi connectivity index (χ0n) is 11.7. The average molecular weight is 330 g/mol. The Balaban J connectivity index is 1.88. The van der Waals surface area contributed by atoms with E-state index in [-0.39, 0.29) is 11.2 Å². The second kappa shape index (κ2) is 5.90. The Hall–Kier alpha value is -0.450. The van der Waals surface area contributed by atoms with Crippen LogP contribution in [-0.4, -0.2) is 18.8 Å². The number of benzene rings is 1. The summed E-state index contributed by atoms with van der Waals surface area (Å²) >= 11 is 3.17. The van der Waals surface area contributed by atoms with Gasteiger partial charge in [0.15, 0.2) is 0 Å². The van der Waals surface area contributed by atoms with Crippen molar-refractivity contribution in [3.63, 3.8) is 0 Å². The highest BCUT2D eigenvalue weighted by atomic mass is 79.9. The van der Waals surface area contributed by atoms with Crippen LogP contribution in [-0.2, 0) is 11.3 Å². The van der Waals surface area contributed by atoms with Gasteiger partial charge in [-0.1, -0.05) is 19.9 Å². The molecule has 0 amide bonds. The molecule has 1 N–H and O–H groups in total. The molecular formula is C15H21BrFNO. The van der Waals surface area contributed by atoms with E-state index >= 15 is 0 Å². The van der Waals surface area contributed by atoms with Gasteiger partial charge in [0.1, 0.15) is 5.82 Å². The molecular weight excluding hydrogens is 309 g/mol. The first-order chi connectivity index (χ1) is 8.95. The molecule has 2 unspecified atom stereocenters. The van der Waals surface area contributed by atoms with E-state index in [1.165, 1.54) is 0 Å². The minimum absolute atomic E-state index is 0.143. The molecule has 19 heavy (non-hydrogen) atoms. The molecule has 1 aromatic rings. The van der Waals surface area contributed by atoms with Crippen LogP contribution in [0.15, 0.2) is 22.7 Å². The van der Waals surface area contributed by atoms with Gasteiger partial charge in [-0.25, -0.2) is 4.39 Å². The lowest BCUT2D eigenvalue weighted by molar-refractivity contribution is -0.114. The van der Waals surface area contributed by atoms with Crippen molar-refractivity contribution in [1.82, 2.24) is 5.32 Å². The molecule has 1 aliphatic carbocycles. The number of nitrogens with one attached hydrogen (secondary N) is 1. The van der Waals surface area contributed by atoms with Crippen molar-refractivity contribution in [3.8, 4) is 0 Å². The third-order valence-corrected chi connectivity index (χ3v) is 4.73. The molecule has 0 aliphatic heterocycles. The fraction of sp³-hybridized carbons (Fsp3) is 0.600. The molecule has 1 aromatic carbocycles. The van der Waals surface area contributed by atoms with Gasteiger partial charge in [0, 0.05) is 24.6 Å². The lowest BCUT2D eigenvalue weighted by Gasteiger charge is -2.52. The van der Waals surface area contributed by atoms with Crippen LogP contribution >= 0.6 is 15.9 Å². The van der Waals surface area contributed by atoms with Crippen LogP contribution in [0.3, 0.4) is 0 Å². The molecule has 1 fully saturated rings. The summed E-state index contributed by atoms with van der Waals surface area (Å²) < 4.78 is 19.6. The Morgan fingerprint density at radius 1 is 1.47 bits per heavy atom. The Bertz CT molecular complexity index is 450. The second-order valence-corrected chi connectivity index (χ2v) is 6.54. The molecule has 0 aromatic heterocycles. The zero-order valence-corrected chi connectivity index (χ0v) is 13.3. The highest BCUT2D eigenvalue weighted by Gasteiger charge is 2.48. The largest absolute Gasteiger partial charge is 0.378 e. The summed E-state index contributed by atoms with van der Waals surface area (Å²) in [6.07, 6.45) is 1.36. The molecule has 0 heterocycles. The molecule has 0 saturated heterocycles. The highest BCUT2D eigenvalue weighted by molar-refractivity contribution is 9.10. The molecule has 1 aliphatic rings. The summed E-state index contributed by atoms with van der Waals surface area (Å²) in [4.78, 5) is 0. The fourth-order valence-electron chi connectivity index (χ4n) is 2.61. The van der Waals surface area contributed by atoms with Crippen molar-refractivity contribution in [3.05, 3.63) is 34.1 Å². The van der Waals surface area contributed by atoms with Gasteiger partial charge in [-0.3, -0.25) is 0 Å². The van der Waals surface area contributed by atoms with Crippen LogP contribution in [0.1, 0.15) is 32.8 Å². The summed E-state index contributed by atoms with van der Waals surface area (Å²) in [5, 5.41) is 3.50. The summed E-state index contributed by atoms with van der Waals surface area (Å²) in [5.41, 5.74) is 1.11. The minimum Gasteiger partial charge on any atom is -0.378 e. The first kappa shape index (κ1) is 14.9. The average Bonchev–Trinajstić information content (AvgIpc) is 2.37. The minimum atomic E-state index is -0.209. The van der Waals surface area contributed by atoms with Gasteiger partial charge in [0.05, 0.1) is 10.6 Å². The Kier molecular flexibility index (Phi) is 4.64. The lowest BCUT2D eigenvalue weighted by atomic mass is 9.64. The van der Waals surface area contributed by atoms with Crippen molar-refractivity contribution in [2.45, 2.75) is 45.9 Å². The van der Waals surface area contributed by atoms with E-state index < -0.39 is 0 Å². The van der Waals surface area contributed by atoms with Crippen molar-refractivity contribution >= 4 is 15.9 Å². The monoisotopic (exact) mass is 329 g/mol. The van der Waals surface area contributed by atoms with Gasteiger partial charge >= 0.3 is 0 Å². The van der Waals surface area contributed by atoms with E-state index in [1.807, 2.05) is 13.0 Å². The van der Waals surface area contributed by atoms with E-state index in [0.29, 0.717) is 23.2 Å². The standard InChI is InChI=1S/C15H21BrFNO/c1-4-19-14-8-13(15(14,2)3)18-9-10-5-6-11(16)12(17)7-10/h5-7,13-14,18H,4,8-9H2,1-3H3. The van der Waals surface area contributed by atoms with Crippen molar-refractivity contribution in [2.24, 2.45) is 5.41 Å². The van der Waals surface area contributed by atoms with Crippen molar-refractivity contribution in [1.29, 1.82) is 0 Å². The molecule has 106 valence electrons. The predicted octanol–water partition coefficient (Wildman–Crippen LogP) is 3.88. The smallest absolute Gasteiger partial charge is 0.137 e. The van der Waals surface area contributed by atoms with E-state index in [9.17, 15) is 4.39 Å². The van der Waals surface area contributed by atoms with E-state index in [1.54, 1.807) is 12.1 Å². The molecule has 2 rings (SSSR count). The molecule has 0 bridgehead atoms. The van der Waals surface area contributed by atoms with Crippen LogP contribution in [0, 0.1) is 11.2 Å². The third kappa shape index (κ3) is 3.18. The SMILES string of the molecule is CCOC1CC(NCc2ccc(Br)c(F)c2)C1(C)C. The molecule has 2 atom stereocenters. The van der Waals surface area contributed by atoms with Gasteiger partial charge in [-0.15, -0.1) is 0 Å². The predicted molar refractivity (Wildman–Crippen MR) is 78.5 cm³/mol. The summed E-state index contributed by atoms with van der Waals surface area (Å²) in [7, 11) is 0. The van der Waals surface area contributed by atoms with Crippen LogP contribution < -0.4 is 5.32 Å². The summed E-state index contributed by atoms with van der Waals surface area (Å²) in [5.74, 6) is -0.209. The number of ether oxygens (including phenoxy) is 1. The molecule has 2 nitrogen and oxygen atoms in total. The second-order valence-electron chi connectivity index (χ2n) is 5.68. The van der Waals surface area contributed by atoms with Crippen molar-refractivity contribution < 1.29 is 9.13 Å². The number of rotatable bonds is 5. The van der Waals surface area contributed by atoms with Crippen LogP contribution in [0.5, 0.6) is 0 Å². The first-order valence-corrected chi connectivity index (χ1v) is 7.53. The molecule has 0 spiro atoms. The summed E-state index contributed by atoms with van der Waals surface area (Å²) in [6, 6.07) is 5.69. The third-order valence-electron chi connectivity index (χ3n) is 4.08. The Morgan fingerprint density at radius 2 is 2.21 bits per heavy atom. The van der Waals surface area contributed by atoms with Crippen LogP contribution in [0.2, 0.25) is 0 Å². The number of hydrogen-bond acceptors (Lipinski definition) is 2. The fourth-order valence-corrected chi connectivity index (χ4v) is 2.85. The Labute approximate surface area is 122 Å². The molecule has 4 heteroatoms. The van der Waals surface area contributed by atoms with E-state index in [2.05, 4.69) is 35.1 Å². The Morgan fingerprint density at radius 3 is 2.79 bits per heavy atom. The molecule has 1 saturated carbocycles. The maximum atomic E-state index is 13.4. The molecule has 0 radical (unpaired) electrons. The van der Waals surface area contributed by atoms with Gasteiger partial charge in [0.2, 0.25) is 0 Å². The van der Waals surface area contributed by atoms with Gasteiger partial charge in [-0.05, 0) is 47.0 Å². The normalized spacial score (nSPS) is 25.1. The zero-order chi connectivity index (χ0) is 14.0. The van der Waals surface area contributed by atoms with Crippen molar-refractivity contribution in [2.75, 3.05) is 6.61 Å². The quantitative estimate of drug-likeness (QED) is 0.885. The van der Waals surface area contributed by atoms with Crippen LogP contribution in [0.25, 0.3) is 0 Å².